The Kier molecular flexibility index (Phi) is 7.88. The Morgan fingerprint density at radius 1 is 0.857 bits per heavy atom. The summed E-state index contributed by atoms with van der Waals surface area (Å²) in [5.74, 6) is 1.90. The zero-order valence-electron chi connectivity index (χ0n) is 16.9. The minimum Gasteiger partial charge on any atom is -0.435 e. The topological polar surface area (TPSA) is 9.23 Å². The maximum atomic E-state index is 12.2. The van der Waals surface area contributed by atoms with Crippen molar-refractivity contribution in [3.63, 3.8) is 0 Å². The van der Waals surface area contributed by atoms with Crippen LogP contribution in [0.5, 0.6) is 5.75 Å². The highest BCUT2D eigenvalue weighted by atomic mass is 19.3. The van der Waals surface area contributed by atoms with E-state index in [1.807, 2.05) is 12.1 Å². The normalized spacial score (nSPS) is 19.7. The van der Waals surface area contributed by atoms with E-state index in [2.05, 4.69) is 35.9 Å². The van der Waals surface area contributed by atoms with Crippen molar-refractivity contribution in [2.45, 2.75) is 77.2 Å². The molecular weight excluding hydrogens is 354 g/mol. The summed E-state index contributed by atoms with van der Waals surface area (Å²) in [6.07, 6.45) is 11.4. The van der Waals surface area contributed by atoms with E-state index in [0.29, 0.717) is 0 Å². The first kappa shape index (κ1) is 20.8. The molecular formula is C25H32F2O. The number of aryl methyl sites for hydroxylation is 2. The second kappa shape index (κ2) is 10.6. The highest BCUT2D eigenvalue weighted by Gasteiger charge is 2.21. The molecule has 1 nitrogen and oxygen atoms in total. The third-order valence-electron chi connectivity index (χ3n) is 6.11. The van der Waals surface area contributed by atoms with E-state index in [9.17, 15) is 8.78 Å². The predicted octanol–water partition coefficient (Wildman–Crippen LogP) is 7.54. The maximum absolute atomic E-state index is 12.2. The summed E-state index contributed by atoms with van der Waals surface area (Å²) in [6.45, 7) is -0.486. The largest absolute Gasteiger partial charge is 0.435 e. The molecule has 0 N–H and O–H groups in total. The predicted molar refractivity (Wildman–Crippen MR) is 111 cm³/mol. The van der Waals surface area contributed by atoms with Gasteiger partial charge in [-0.3, -0.25) is 0 Å². The van der Waals surface area contributed by atoms with Crippen LogP contribution in [0.25, 0.3) is 0 Å². The van der Waals surface area contributed by atoms with E-state index < -0.39 is 6.61 Å². The third kappa shape index (κ3) is 6.32. The molecule has 1 saturated carbocycles. The van der Waals surface area contributed by atoms with Gasteiger partial charge < -0.3 is 4.74 Å². The van der Waals surface area contributed by atoms with Crippen molar-refractivity contribution in [1.82, 2.24) is 0 Å². The van der Waals surface area contributed by atoms with Crippen LogP contribution >= 0.6 is 0 Å². The van der Waals surface area contributed by atoms with E-state index in [-0.39, 0.29) is 5.75 Å². The Morgan fingerprint density at radius 3 is 1.96 bits per heavy atom. The molecule has 0 aliphatic heterocycles. The fraction of sp³-hybridized carbons (Fsp3) is 0.520. The third-order valence-corrected chi connectivity index (χ3v) is 6.11. The van der Waals surface area contributed by atoms with Crippen LogP contribution in [-0.4, -0.2) is 6.61 Å². The molecule has 0 atom stereocenters. The van der Waals surface area contributed by atoms with Crippen LogP contribution < -0.4 is 4.74 Å². The minimum atomic E-state index is -2.77. The second-order valence-electron chi connectivity index (χ2n) is 8.12. The number of benzene rings is 2. The van der Waals surface area contributed by atoms with Crippen LogP contribution in [0.15, 0.2) is 48.5 Å². The molecule has 3 rings (SSSR count). The molecule has 0 spiro atoms. The van der Waals surface area contributed by atoms with Crippen molar-refractivity contribution < 1.29 is 13.5 Å². The Balaban J connectivity index is 1.46. The number of hydrogen-bond donors (Lipinski definition) is 0. The number of rotatable bonds is 9. The van der Waals surface area contributed by atoms with Gasteiger partial charge in [-0.2, -0.15) is 8.78 Å². The molecule has 0 bridgehead atoms. The van der Waals surface area contributed by atoms with Gasteiger partial charge in [-0.1, -0.05) is 62.6 Å². The highest BCUT2D eigenvalue weighted by Crippen LogP contribution is 2.37. The SMILES string of the molecule is CCCCC1CCC(c2ccc(CCc3ccc(OC(F)F)cc3)cc2)CC1. The first-order valence-electron chi connectivity index (χ1n) is 10.8. The summed E-state index contributed by atoms with van der Waals surface area (Å²) >= 11 is 0. The number of ether oxygens (including phenoxy) is 1. The Bertz CT molecular complexity index is 685. The zero-order chi connectivity index (χ0) is 19.8. The summed E-state index contributed by atoms with van der Waals surface area (Å²) in [7, 11) is 0. The van der Waals surface area contributed by atoms with Gasteiger partial charge in [0, 0.05) is 0 Å². The molecule has 0 heterocycles. The zero-order valence-corrected chi connectivity index (χ0v) is 16.9. The summed E-state index contributed by atoms with van der Waals surface area (Å²) < 4.78 is 28.8. The van der Waals surface area contributed by atoms with Gasteiger partial charge in [0.25, 0.3) is 0 Å². The van der Waals surface area contributed by atoms with Gasteiger partial charge >= 0.3 is 6.61 Å². The summed E-state index contributed by atoms with van der Waals surface area (Å²) in [4.78, 5) is 0. The second-order valence-corrected chi connectivity index (χ2v) is 8.12. The van der Waals surface area contributed by atoms with E-state index in [4.69, 9.17) is 0 Å². The van der Waals surface area contributed by atoms with Gasteiger partial charge in [-0.25, -0.2) is 0 Å². The first-order valence-corrected chi connectivity index (χ1v) is 10.8. The Hall–Kier alpha value is -1.90. The Labute approximate surface area is 168 Å². The van der Waals surface area contributed by atoms with Crippen molar-refractivity contribution in [3.05, 3.63) is 65.2 Å². The summed E-state index contributed by atoms with van der Waals surface area (Å²) in [5, 5.41) is 0. The van der Waals surface area contributed by atoms with Crippen molar-refractivity contribution >= 4 is 0 Å². The first-order chi connectivity index (χ1) is 13.6. The molecule has 152 valence electrons. The van der Waals surface area contributed by atoms with Crippen LogP contribution in [0.3, 0.4) is 0 Å². The standard InChI is InChI=1S/C25H32F2O/c1-2-3-4-19-7-13-22(14-8-19)23-15-9-20(10-16-23)5-6-21-11-17-24(18-12-21)28-25(26)27/h9-12,15-19,22,25H,2-8,13-14H2,1H3. The van der Waals surface area contributed by atoms with Crippen LogP contribution in [0.2, 0.25) is 0 Å². The minimum absolute atomic E-state index is 0.215. The average Bonchev–Trinajstić information content (AvgIpc) is 2.72. The molecule has 0 unspecified atom stereocenters. The van der Waals surface area contributed by atoms with Crippen molar-refractivity contribution in [1.29, 1.82) is 0 Å². The summed E-state index contributed by atoms with van der Waals surface area (Å²) in [6, 6.07) is 16.1. The Morgan fingerprint density at radius 2 is 1.43 bits per heavy atom. The van der Waals surface area contributed by atoms with Crippen molar-refractivity contribution in [2.75, 3.05) is 0 Å². The fourth-order valence-corrected chi connectivity index (χ4v) is 4.36. The highest BCUT2D eigenvalue weighted by molar-refractivity contribution is 5.30. The van der Waals surface area contributed by atoms with Gasteiger partial charge in [0.15, 0.2) is 0 Å². The molecule has 1 fully saturated rings. The fourth-order valence-electron chi connectivity index (χ4n) is 4.36. The van der Waals surface area contributed by atoms with E-state index >= 15 is 0 Å². The van der Waals surface area contributed by atoms with Gasteiger partial charge in [-0.15, -0.1) is 0 Å². The van der Waals surface area contributed by atoms with Crippen LogP contribution in [-0.2, 0) is 12.8 Å². The van der Waals surface area contributed by atoms with Crippen LogP contribution in [0.1, 0.15) is 74.5 Å². The number of hydrogen-bond acceptors (Lipinski definition) is 1. The molecule has 28 heavy (non-hydrogen) atoms. The molecule has 0 amide bonds. The van der Waals surface area contributed by atoms with E-state index in [0.717, 1.165) is 30.2 Å². The smallest absolute Gasteiger partial charge is 0.387 e. The van der Waals surface area contributed by atoms with Crippen molar-refractivity contribution in [3.8, 4) is 5.75 Å². The quantitative estimate of drug-likeness (QED) is 0.432. The van der Waals surface area contributed by atoms with Crippen LogP contribution in [0, 0.1) is 5.92 Å². The van der Waals surface area contributed by atoms with Crippen LogP contribution in [0.4, 0.5) is 8.78 Å². The van der Waals surface area contributed by atoms with Gasteiger partial charge in [0.05, 0.1) is 0 Å². The van der Waals surface area contributed by atoms with Gasteiger partial charge in [-0.05, 0) is 79.2 Å². The lowest BCUT2D eigenvalue weighted by Gasteiger charge is -2.29. The maximum Gasteiger partial charge on any atom is 0.387 e. The van der Waals surface area contributed by atoms with E-state index in [1.54, 1.807) is 12.1 Å². The molecule has 1 aliphatic rings. The molecule has 2 aromatic rings. The summed E-state index contributed by atoms with van der Waals surface area (Å²) in [5.41, 5.74) is 3.95. The monoisotopic (exact) mass is 386 g/mol. The molecule has 2 aromatic carbocycles. The lowest BCUT2D eigenvalue weighted by atomic mass is 9.77. The molecule has 0 saturated heterocycles. The number of halogens is 2. The van der Waals surface area contributed by atoms with Gasteiger partial charge in [0.2, 0.25) is 0 Å². The van der Waals surface area contributed by atoms with Crippen molar-refractivity contribution in [2.24, 2.45) is 5.92 Å². The molecule has 0 radical (unpaired) electrons. The lowest BCUT2D eigenvalue weighted by Crippen LogP contribution is -2.13. The van der Waals surface area contributed by atoms with Gasteiger partial charge in [0.1, 0.15) is 5.75 Å². The number of unbranched alkanes of at least 4 members (excludes halogenated alkanes) is 1. The average molecular weight is 387 g/mol. The molecule has 3 heteroatoms. The molecule has 0 aromatic heterocycles. The number of alkyl halides is 2. The lowest BCUT2D eigenvalue weighted by molar-refractivity contribution is -0.0498. The molecule has 1 aliphatic carbocycles. The van der Waals surface area contributed by atoms with E-state index in [1.165, 1.54) is 56.1 Å².